The van der Waals surface area contributed by atoms with Crippen LogP contribution in [0.25, 0.3) is 0 Å². The van der Waals surface area contributed by atoms with E-state index < -0.39 is 0 Å². The van der Waals surface area contributed by atoms with Crippen molar-refractivity contribution < 1.29 is 9.47 Å². The van der Waals surface area contributed by atoms with Gasteiger partial charge in [-0.3, -0.25) is 0 Å². The van der Waals surface area contributed by atoms with Crippen molar-refractivity contribution in [2.24, 2.45) is 0 Å². The molecule has 96 valence electrons. The van der Waals surface area contributed by atoms with Crippen LogP contribution >= 0.6 is 0 Å². The number of benzene rings is 1. The number of methoxy groups -OCH3 is 1. The Kier molecular flexibility index (Phi) is 5.29. The molecule has 17 heavy (non-hydrogen) atoms. The van der Waals surface area contributed by atoms with E-state index in [1.54, 1.807) is 7.11 Å². The van der Waals surface area contributed by atoms with Crippen molar-refractivity contribution in [1.82, 2.24) is 4.90 Å². The van der Waals surface area contributed by atoms with Crippen LogP contribution in [0.1, 0.15) is 19.4 Å². The lowest BCUT2D eigenvalue weighted by Gasteiger charge is -2.21. The highest BCUT2D eigenvalue weighted by Gasteiger charge is 2.11. The normalized spacial score (nSPS) is 12.6. The Morgan fingerprint density at radius 1 is 1.29 bits per heavy atom. The highest BCUT2D eigenvalue weighted by atomic mass is 16.5. The van der Waals surface area contributed by atoms with E-state index in [0.29, 0.717) is 12.6 Å². The lowest BCUT2D eigenvalue weighted by atomic mass is 10.1. The van der Waals surface area contributed by atoms with Crippen LogP contribution < -0.4 is 9.47 Å². The van der Waals surface area contributed by atoms with Crippen LogP contribution in [0.15, 0.2) is 18.2 Å². The Labute approximate surface area is 104 Å². The quantitative estimate of drug-likeness (QED) is 0.759. The Hall–Kier alpha value is -1.22. The minimum absolute atomic E-state index is 0.489. The number of nitrogens with zero attached hydrogens (tertiary/aromatic N) is 1. The van der Waals surface area contributed by atoms with Gasteiger partial charge in [0.25, 0.3) is 0 Å². The first-order chi connectivity index (χ1) is 8.08. The molecule has 0 radical (unpaired) electrons. The van der Waals surface area contributed by atoms with Gasteiger partial charge in [-0.25, -0.2) is 0 Å². The van der Waals surface area contributed by atoms with Crippen LogP contribution in [0.2, 0.25) is 0 Å². The molecule has 1 aromatic carbocycles. The minimum Gasteiger partial charge on any atom is -0.497 e. The number of hydrogen-bond acceptors (Lipinski definition) is 3. The van der Waals surface area contributed by atoms with Crippen molar-refractivity contribution in [3.63, 3.8) is 0 Å². The van der Waals surface area contributed by atoms with Crippen molar-refractivity contribution in [2.75, 3.05) is 27.8 Å². The highest BCUT2D eigenvalue weighted by Crippen LogP contribution is 2.26. The van der Waals surface area contributed by atoms with E-state index in [1.807, 2.05) is 19.1 Å². The zero-order chi connectivity index (χ0) is 12.8. The van der Waals surface area contributed by atoms with Gasteiger partial charge >= 0.3 is 0 Å². The summed E-state index contributed by atoms with van der Waals surface area (Å²) in [6, 6.07) is 6.52. The molecular weight excluding hydrogens is 214 g/mol. The summed E-state index contributed by atoms with van der Waals surface area (Å²) in [4.78, 5) is 2.21. The van der Waals surface area contributed by atoms with Gasteiger partial charge in [-0.1, -0.05) is 6.07 Å². The van der Waals surface area contributed by atoms with Crippen molar-refractivity contribution >= 4 is 0 Å². The van der Waals surface area contributed by atoms with Crippen LogP contribution in [0.5, 0.6) is 11.5 Å². The van der Waals surface area contributed by atoms with Crippen molar-refractivity contribution in [3.05, 3.63) is 23.8 Å². The molecule has 0 aliphatic rings. The molecule has 0 unspecified atom stereocenters. The smallest absolute Gasteiger partial charge is 0.126 e. The average Bonchev–Trinajstić information content (AvgIpc) is 2.31. The van der Waals surface area contributed by atoms with Gasteiger partial charge in [0.1, 0.15) is 11.5 Å². The summed E-state index contributed by atoms with van der Waals surface area (Å²) in [6.45, 7) is 4.88. The van der Waals surface area contributed by atoms with Gasteiger partial charge in [0.15, 0.2) is 0 Å². The molecule has 0 spiro atoms. The number of ether oxygens (including phenoxy) is 2. The summed E-state index contributed by atoms with van der Waals surface area (Å²) in [5.41, 5.74) is 1.23. The third-order valence-electron chi connectivity index (χ3n) is 2.97. The Balaban J connectivity index is 2.89. The molecule has 0 saturated carbocycles. The first-order valence-electron chi connectivity index (χ1n) is 6.04. The van der Waals surface area contributed by atoms with Crippen LogP contribution in [0, 0.1) is 0 Å². The summed E-state index contributed by atoms with van der Waals surface area (Å²) in [5.74, 6) is 1.77. The van der Waals surface area contributed by atoms with Gasteiger partial charge in [0.2, 0.25) is 0 Å². The Morgan fingerprint density at radius 3 is 2.53 bits per heavy atom. The molecule has 0 amide bonds. The topological polar surface area (TPSA) is 21.7 Å². The lowest BCUT2D eigenvalue weighted by Crippen LogP contribution is -2.26. The van der Waals surface area contributed by atoms with Crippen molar-refractivity contribution in [3.8, 4) is 11.5 Å². The summed E-state index contributed by atoms with van der Waals surface area (Å²) in [5, 5.41) is 0. The number of rotatable bonds is 6. The van der Waals surface area contributed by atoms with Gasteiger partial charge in [0, 0.05) is 12.1 Å². The zero-order valence-electron chi connectivity index (χ0n) is 11.5. The Bertz CT molecular complexity index is 350. The van der Waals surface area contributed by atoms with E-state index in [0.717, 1.165) is 17.9 Å². The third kappa shape index (κ3) is 3.93. The van der Waals surface area contributed by atoms with E-state index >= 15 is 0 Å². The van der Waals surface area contributed by atoms with Crippen molar-refractivity contribution in [2.45, 2.75) is 26.3 Å². The summed E-state index contributed by atoms with van der Waals surface area (Å²) in [6.07, 6.45) is 0.978. The molecular formula is C14H23NO2. The van der Waals surface area contributed by atoms with E-state index in [-0.39, 0.29) is 0 Å². The third-order valence-corrected chi connectivity index (χ3v) is 2.97. The van der Waals surface area contributed by atoms with Gasteiger partial charge in [-0.05, 0) is 46.0 Å². The molecule has 3 heteroatoms. The van der Waals surface area contributed by atoms with Gasteiger partial charge in [-0.2, -0.15) is 0 Å². The molecule has 0 heterocycles. The van der Waals surface area contributed by atoms with E-state index in [2.05, 4.69) is 32.0 Å². The fourth-order valence-corrected chi connectivity index (χ4v) is 1.62. The van der Waals surface area contributed by atoms with Crippen LogP contribution in [-0.4, -0.2) is 38.8 Å². The molecule has 0 N–H and O–H groups in total. The summed E-state index contributed by atoms with van der Waals surface area (Å²) in [7, 11) is 5.86. The maximum atomic E-state index is 5.66. The van der Waals surface area contributed by atoms with E-state index in [4.69, 9.17) is 9.47 Å². The van der Waals surface area contributed by atoms with Gasteiger partial charge in [0.05, 0.1) is 13.7 Å². The largest absolute Gasteiger partial charge is 0.497 e. The van der Waals surface area contributed by atoms with Crippen LogP contribution in [-0.2, 0) is 6.42 Å². The maximum Gasteiger partial charge on any atom is 0.126 e. The van der Waals surface area contributed by atoms with Crippen LogP contribution in [0.3, 0.4) is 0 Å². The molecule has 0 aromatic heterocycles. The molecule has 0 saturated heterocycles. The number of likely N-dealkylation sites (N-methyl/N-ethyl adjacent to an activating group) is 1. The second-order valence-corrected chi connectivity index (χ2v) is 4.42. The monoisotopic (exact) mass is 237 g/mol. The van der Waals surface area contributed by atoms with Crippen molar-refractivity contribution in [1.29, 1.82) is 0 Å². The summed E-state index contributed by atoms with van der Waals surface area (Å²) >= 11 is 0. The maximum absolute atomic E-state index is 5.66. The van der Waals surface area contributed by atoms with Crippen LogP contribution in [0.4, 0.5) is 0 Å². The van der Waals surface area contributed by atoms with Gasteiger partial charge < -0.3 is 14.4 Å². The van der Waals surface area contributed by atoms with Gasteiger partial charge in [-0.15, -0.1) is 0 Å². The first kappa shape index (κ1) is 13.8. The molecule has 3 nitrogen and oxygen atoms in total. The fraction of sp³-hybridized carbons (Fsp3) is 0.571. The molecule has 1 aromatic rings. The van der Waals surface area contributed by atoms with E-state index in [1.165, 1.54) is 5.56 Å². The molecule has 0 fully saturated rings. The minimum atomic E-state index is 0.489. The molecule has 0 aliphatic heterocycles. The van der Waals surface area contributed by atoms with E-state index in [9.17, 15) is 0 Å². The second kappa shape index (κ2) is 6.50. The Morgan fingerprint density at radius 2 is 2.00 bits per heavy atom. The molecule has 0 aliphatic carbocycles. The standard InChI is InChI=1S/C14H23NO2/c1-6-17-14-10-13(16-5)8-7-12(14)9-11(2)15(3)4/h7-8,10-11H,6,9H2,1-5H3/t11-/m1/s1. The second-order valence-electron chi connectivity index (χ2n) is 4.42. The summed E-state index contributed by atoms with van der Waals surface area (Å²) < 4.78 is 10.9. The SMILES string of the molecule is CCOc1cc(OC)ccc1C[C@@H](C)N(C)C. The predicted octanol–water partition coefficient (Wildman–Crippen LogP) is 2.59. The zero-order valence-corrected chi connectivity index (χ0v) is 11.5. The molecule has 1 rings (SSSR count). The lowest BCUT2D eigenvalue weighted by molar-refractivity contribution is 0.300. The average molecular weight is 237 g/mol. The predicted molar refractivity (Wildman–Crippen MR) is 71.0 cm³/mol. The fourth-order valence-electron chi connectivity index (χ4n) is 1.62. The molecule has 1 atom stereocenters. The molecule has 0 bridgehead atoms. The number of hydrogen-bond donors (Lipinski definition) is 0. The first-order valence-corrected chi connectivity index (χ1v) is 6.04. The highest BCUT2D eigenvalue weighted by molar-refractivity contribution is 5.41.